The molecule has 0 saturated heterocycles. The zero-order chi connectivity index (χ0) is 16.1. The summed E-state index contributed by atoms with van der Waals surface area (Å²) in [6, 6.07) is 13.5. The SMILES string of the molecule is Cc1ccc(NC(=O)Cc2ccc(N)cc2)c(CN(C)C)c1. The van der Waals surface area contributed by atoms with Gasteiger partial charge in [-0.2, -0.15) is 0 Å². The van der Waals surface area contributed by atoms with Gasteiger partial charge >= 0.3 is 0 Å². The van der Waals surface area contributed by atoms with Crippen molar-refractivity contribution in [2.45, 2.75) is 19.9 Å². The van der Waals surface area contributed by atoms with E-state index in [9.17, 15) is 4.79 Å². The minimum Gasteiger partial charge on any atom is -0.399 e. The molecule has 4 nitrogen and oxygen atoms in total. The molecule has 0 fully saturated rings. The van der Waals surface area contributed by atoms with Crippen LogP contribution in [0.15, 0.2) is 42.5 Å². The number of rotatable bonds is 5. The third-order valence-electron chi connectivity index (χ3n) is 3.37. The molecule has 116 valence electrons. The Balaban J connectivity index is 2.09. The van der Waals surface area contributed by atoms with Crippen molar-refractivity contribution in [3.05, 3.63) is 59.2 Å². The van der Waals surface area contributed by atoms with Crippen LogP contribution in [0, 0.1) is 6.92 Å². The highest BCUT2D eigenvalue weighted by molar-refractivity contribution is 5.93. The first-order valence-corrected chi connectivity index (χ1v) is 7.32. The Labute approximate surface area is 131 Å². The van der Waals surface area contributed by atoms with E-state index in [1.165, 1.54) is 5.56 Å². The van der Waals surface area contributed by atoms with Crippen LogP contribution in [0.1, 0.15) is 16.7 Å². The van der Waals surface area contributed by atoms with Crippen LogP contribution in [0.5, 0.6) is 0 Å². The van der Waals surface area contributed by atoms with Gasteiger partial charge in [0.15, 0.2) is 0 Å². The Morgan fingerprint density at radius 2 is 1.82 bits per heavy atom. The summed E-state index contributed by atoms with van der Waals surface area (Å²) in [5, 5.41) is 3.01. The molecule has 0 spiro atoms. The second kappa shape index (κ2) is 7.09. The number of nitrogen functional groups attached to an aromatic ring is 1. The molecule has 0 aliphatic rings. The highest BCUT2D eigenvalue weighted by Crippen LogP contribution is 2.19. The summed E-state index contributed by atoms with van der Waals surface area (Å²) in [6.07, 6.45) is 0.343. The minimum atomic E-state index is -0.0198. The second-order valence-electron chi connectivity index (χ2n) is 5.86. The molecule has 0 aliphatic carbocycles. The van der Waals surface area contributed by atoms with E-state index in [1.807, 2.05) is 50.5 Å². The van der Waals surface area contributed by atoms with Crippen LogP contribution >= 0.6 is 0 Å². The van der Waals surface area contributed by atoms with Gasteiger partial charge in [0.2, 0.25) is 5.91 Å². The van der Waals surface area contributed by atoms with Crippen molar-refractivity contribution in [2.75, 3.05) is 25.1 Å². The number of aryl methyl sites for hydroxylation is 1. The molecule has 0 radical (unpaired) electrons. The average molecular weight is 297 g/mol. The first-order valence-electron chi connectivity index (χ1n) is 7.32. The van der Waals surface area contributed by atoms with E-state index in [1.54, 1.807) is 0 Å². The van der Waals surface area contributed by atoms with Gasteiger partial charge in [-0.15, -0.1) is 0 Å². The van der Waals surface area contributed by atoms with Gasteiger partial charge in [0.05, 0.1) is 6.42 Å². The first kappa shape index (κ1) is 16.0. The van der Waals surface area contributed by atoms with Crippen molar-refractivity contribution in [3.8, 4) is 0 Å². The largest absolute Gasteiger partial charge is 0.399 e. The van der Waals surface area contributed by atoms with Crippen LogP contribution < -0.4 is 11.1 Å². The third kappa shape index (κ3) is 4.60. The number of anilines is 2. The minimum absolute atomic E-state index is 0.0198. The Morgan fingerprint density at radius 1 is 1.14 bits per heavy atom. The number of nitrogens with zero attached hydrogens (tertiary/aromatic N) is 1. The van der Waals surface area contributed by atoms with Crippen molar-refractivity contribution >= 4 is 17.3 Å². The molecular weight excluding hydrogens is 274 g/mol. The van der Waals surface area contributed by atoms with E-state index in [0.29, 0.717) is 12.1 Å². The van der Waals surface area contributed by atoms with Crippen molar-refractivity contribution < 1.29 is 4.79 Å². The fraction of sp³-hybridized carbons (Fsp3) is 0.278. The fourth-order valence-electron chi connectivity index (χ4n) is 2.33. The molecule has 2 rings (SSSR count). The van der Waals surface area contributed by atoms with Gasteiger partial charge in [0.25, 0.3) is 0 Å². The molecule has 0 saturated carbocycles. The third-order valence-corrected chi connectivity index (χ3v) is 3.37. The summed E-state index contributed by atoms with van der Waals surface area (Å²) in [4.78, 5) is 14.3. The van der Waals surface area contributed by atoms with E-state index in [4.69, 9.17) is 5.73 Å². The molecule has 0 heterocycles. The molecule has 4 heteroatoms. The van der Waals surface area contributed by atoms with Crippen LogP contribution in [-0.2, 0) is 17.8 Å². The van der Waals surface area contributed by atoms with Gasteiger partial charge < -0.3 is 16.0 Å². The highest BCUT2D eigenvalue weighted by atomic mass is 16.1. The Kier molecular flexibility index (Phi) is 5.17. The van der Waals surface area contributed by atoms with E-state index < -0.39 is 0 Å². The first-order chi connectivity index (χ1) is 10.4. The predicted octanol–water partition coefficient (Wildman–Crippen LogP) is 2.82. The summed E-state index contributed by atoms with van der Waals surface area (Å²) >= 11 is 0. The number of hydrogen-bond acceptors (Lipinski definition) is 3. The fourth-order valence-corrected chi connectivity index (χ4v) is 2.33. The maximum Gasteiger partial charge on any atom is 0.228 e. The van der Waals surface area contributed by atoms with Gasteiger partial charge in [-0.1, -0.05) is 29.8 Å². The summed E-state index contributed by atoms with van der Waals surface area (Å²) in [6.45, 7) is 2.85. The summed E-state index contributed by atoms with van der Waals surface area (Å²) < 4.78 is 0. The Hall–Kier alpha value is -2.33. The van der Waals surface area contributed by atoms with Crippen molar-refractivity contribution in [3.63, 3.8) is 0 Å². The smallest absolute Gasteiger partial charge is 0.228 e. The summed E-state index contributed by atoms with van der Waals surface area (Å²) in [5.74, 6) is -0.0198. The lowest BCUT2D eigenvalue weighted by Crippen LogP contribution is -2.18. The summed E-state index contributed by atoms with van der Waals surface area (Å²) in [7, 11) is 4.03. The molecule has 0 bridgehead atoms. The van der Waals surface area contributed by atoms with Gasteiger partial charge in [-0.3, -0.25) is 4.79 Å². The molecule has 3 N–H and O–H groups in total. The zero-order valence-electron chi connectivity index (χ0n) is 13.4. The second-order valence-corrected chi connectivity index (χ2v) is 5.86. The molecule has 0 atom stereocenters. The zero-order valence-corrected chi connectivity index (χ0v) is 13.4. The van der Waals surface area contributed by atoms with Gasteiger partial charge in [0, 0.05) is 17.9 Å². The van der Waals surface area contributed by atoms with Gasteiger partial charge in [-0.05, 0) is 50.3 Å². The van der Waals surface area contributed by atoms with E-state index in [-0.39, 0.29) is 5.91 Å². The quantitative estimate of drug-likeness (QED) is 0.834. The van der Waals surface area contributed by atoms with E-state index in [2.05, 4.69) is 23.2 Å². The molecule has 1 amide bonds. The molecule has 2 aromatic carbocycles. The van der Waals surface area contributed by atoms with Gasteiger partial charge in [-0.25, -0.2) is 0 Å². The lowest BCUT2D eigenvalue weighted by atomic mass is 10.1. The topological polar surface area (TPSA) is 58.4 Å². The summed E-state index contributed by atoms with van der Waals surface area (Å²) in [5.41, 5.74) is 10.5. The lowest BCUT2D eigenvalue weighted by Gasteiger charge is -2.16. The number of carbonyl (C=O) groups is 1. The number of hydrogen-bond donors (Lipinski definition) is 2. The van der Waals surface area contributed by atoms with Crippen molar-refractivity contribution in [1.82, 2.24) is 4.90 Å². The molecule has 0 aromatic heterocycles. The number of carbonyl (C=O) groups excluding carboxylic acids is 1. The maximum atomic E-state index is 12.2. The number of nitrogens with one attached hydrogen (secondary N) is 1. The molecule has 0 aliphatic heterocycles. The number of nitrogens with two attached hydrogens (primary N) is 1. The molecule has 22 heavy (non-hydrogen) atoms. The predicted molar refractivity (Wildman–Crippen MR) is 91.8 cm³/mol. The number of benzene rings is 2. The lowest BCUT2D eigenvalue weighted by molar-refractivity contribution is -0.115. The average Bonchev–Trinajstić information content (AvgIpc) is 2.44. The van der Waals surface area contributed by atoms with E-state index in [0.717, 1.165) is 23.4 Å². The number of amides is 1. The van der Waals surface area contributed by atoms with Gasteiger partial charge in [0.1, 0.15) is 0 Å². The van der Waals surface area contributed by atoms with E-state index >= 15 is 0 Å². The standard InChI is InChI=1S/C18H23N3O/c1-13-4-9-17(15(10-13)12-21(2)3)20-18(22)11-14-5-7-16(19)8-6-14/h4-10H,11-12,19H2,1-3H3,(H,20,22). The Bertz CT molecular complexity index is 648. The van der Waals surface area contributed by atoms with Crippen LogP contribution in [0.25, 0.3) is 0 Å². The Morgan fingerprint density at radius 3 is 2.45 bits per heavy atom. The van der Waals surface area contributed by atoms with Crippen LogP contribution in [0.2, 0.25) is 0 Å². The normalized spacial score (nSPS) is 10.7. The highest BCUT2D eigenvalue weighted by Gasteiger charge is 2.09. The molecule has 0 unspecified atom stereocenters. The van der Waals surface area contributed by atoms with Crippen molar-refractivity contribution in [1.29, 1.82) is 0 Å². The molecular formula is C18H23N3O. The van der Waals surface area contributed by atoms with Crippen molar-refractivity contribution in [2.24, 2.45) is 0 Å². The monoisotopic (exact) mass is 297 g/mol. The maximum absolute atomic E-state index is 12.2. The van der Waals surface area contributed by atoms with Crippen LogP contribution in [0.3, 0.4) is 0 Å². The molecule has 2 aromatic rings. The van der Waals surface area contributed by atoms with Crippen LogP contribution in [-0.4, -0.2) is 24.9 Å². The van der Waals surface area contributed by atoms with Crippen LogP contribution in [0.4, 0.5) is 11.4 Å².